The number of aryl methyl sites for hydroxylation is 1. The second-order valence-corrected chi connectivity index (χ2v) is 5.42. The van der Waals surface area contributed by atoms with Crippen LogP contribution in [-0.2, 0) is 13.6 Å². The van der Waals surface area contributed by atoms with Crippen molar-refractivity contribution >= 4 is 27.4 Å². The quantitative estimate of drug-likeness (QED) is 0.718. The smallest absolute Gasteiger partial charge is 0.316 e. The SMILES string of the molecule is CNc1nc(Cn2ccn(C)c(=O)c2=O)nc2sccc12. The molecule has 0 atom stereocenters. The lowest BCUT2D eigenvalue weighted by molar-refractivity contribution is 0.673. The fraction of sp³-hybridized carbons (Fsp3) is 0.231. The summed E-state index contributed by atoms with van der Waals surface area (Å²) in [6.45, 7) is 0.164. The van der Waals surface area contributed by atoms with Gasteiger partial charge in [0.15, 0.2) is 5.82 Å². The van der Waals surface area contributed by atoms with Crippen molar-refractivity contribution in [2.45, 2.75) is 6.54 Å². The highest BCUT2D eigenvalue weighted by atomic mass is 32.1. The number of nitrogens with one attached hydrogen (secondary N) is 1. The lowest BCUT2D eigenvalue weighted by Gasteiger charge is -2.07. The van der Waals surface area contributed by atoms with E-state index in [0.29, 0.717) is 11.6 Å². The predicted octanol–water partition coefficient (Wildman–Crippen LogP) is 0.642. The minimum Gasteiger partial charge on any atom is -0.372 e. The van der Waals surface area contributed by atoms with Gasteiger partial charge < -0.3 is 14.5 Å². The van der Waals surface area contributed by atoms with Crippen molar-refractivity contribution in [2.24, 2.45) is 7.05 Å². The van der Waals surface area contributed by atoms with Crippen LogP contribution >= 0.6 is 11.3 Å². The summed E-state index contributed by atoms with van der Waals surface area (Å²) in [7, 11) is 3.33. The third-order valence-corrected chi connectivity index (χ3v) is 3.96. The van der Waals surface area contributed by atoms with Crippen molar-refractivity contribution in [3.05, 3.63) is 50.4 Å². The minimum absolute atomic E-state index is 0.164. The summed E-state index contributed by atoms with van der Waals surface area (Å²) < 4.78 is 2.57. The molecule has 7 nitrogen and oxygen atoms in total. The largest absolute Gasteiger partial charge is 0.372 e. The first-order valence-electron chi connectivity index (χ1n) is 6.28. The molecule has 0 saturated heterocycles. The van der Waals surface area contributed by atoms with Crippen molar-refractivity contribution in [3.63, 3.8) is 0 Å². The summed E-state index contributed by atoms with van der Waals surface area (Å²) in [6, 6.07) is 1.94. The van der Waals surface area contributed by atoms with E-state index < -0.39 is 11.1 Å². The molecule has 3 rings (SSSR count). The van der Waals surface area contributed by atoms with E-state index in [-0.39, 0.29) is 6.54 Å². The maximum absolute atomic E-state index is 11.9. The van der Waals surface area contributed by atoms with Gasteiger partial charge in [0.1, 0.15) is 10.6 Å². The van der Waals surface area contributed by atoms with Crippen molar-refractivity contribution in [1.29, 1.82) is 0 Å². The van der Waals surface area contributed by atoms with Crippen LogP contribution in [-0.4, -0.2) is 26.1 Å². The third kappa shape index (κ3) is 2.33. The molecule has 0 radical (unpaired) electrons. The van der Waals surface area contributed by atoms with Gasteiger partial charge in [-0.25, -0.2) is 9.97 Å². The molecule has 0 fully saturated rings. The molecular weight excluding hydrogens is 290 g/mol. The zero-order chi connectivity index (χ0) is 15.0. The average molecular weight is 303 g/mol. The standard InChI is InChI=1S/C13H13N5O2S/c1-14-10-8-3-6-21-11(8)16-9(15-10)7-18-5-4-17(2)12(19)13(18)20/h3-6H,7H2,1-2H3,(H,14,15,16). The van der Waals surface area contributed by atoms with Crippen LogP contribution in [0.15, 0.2) is 33.4 Å². The van der Waals surface area contributed by atoms with E-state index in [9.17, 15) is 9.59 Å². The summed E-state index contributed by atoms with van der Waals surface area (Å²) in [4.78, 5) is 33.3. The van der Waals surface area contributed by atoms with Gasteiger partial charge in [-0.3, -0.25) is 9.59 Å². The number of aromatic nitrogens is 4. The molecule has 0 aliphatic carbocycles. The van der Waals surface area contributed by atoms with Gasteiger partial charge in [-0.05, 0) is 11.4 Å². The second kappa shape index (κ2) is 5.13. The third-order valence-electron chi connectivity index (χ3n) is 3.15. The molecule has 3 aromatic heterocycles. The number of hydrogen-bond donors (Lipinski definition) is 1. The molecule has 8 heteroatoms. The first kappa shape index (κ1) is 13.5. The lowest BCUT2D eigenvalue weighted by Crippen LogP contribution is -2.39. The second-order valence-electron chi connectivity index (χ2n) is 4.53. The Labute approximate surface area is 123 Å². The Kier molecular flexibility index (Phi) is 3.30. The van der Waals surface area contributed by atoms with Gasteiger partial charge in [-0.15, -0.1) is 11.3 Å². The summed E-state index contributed by atoms with van der Waals surface area (Å²) in [5.74, 6) is 1.21. The molecule has 0 aliphatic rings. The number of nitrogens with zero attached hydrogens (tertiary/aromatic N) is 4. The van der Waals surface area contributed by atoms with Crippen LogP contribution in [0.1, 0.15) is 5.82 Å². The van der Waals surface area contributed by atoms with Gasteiger partial charge in [-0.1, -0.05) is 0 Å². The van der Waals surface area contributed by atoms with Gasteiger partial charge in [0.2, 0.25) is 0 Å². The Hall–Kier alpha value is -2.48. The number of fused-ring (bicyclic) bond motifs is 1. The first-order chi connectivity index (χ1) is 10.1. The highest BCUT2D eigenvalue weighted by Crippen LogP contribution is 2.24. The van der Waals surface area contributed by atoms with Gasteiger partial charge in [-0.2, -0.15) is 0 Å². The number of thiophene rings is 1. The summed E-state index contributed by atoms with van der Waals surface area (Å²) >= 11 is 1.51. The molecular formula is C13H13N5O2S. The number of anilines is 1. The highest BCUT2D eigenvalue weighted by molar-refractivity contribution is 7.16. The highest BCUT2D eigenvalue weighted by Gasteiger charge is 2.10. The van der Waals surface area contributed by atoms with Crippen molar-refractivity contribution in [1.82, 2.24) is 19.1 Å². The fourth-order valence-electron chi connectivity index (χ4n) is 2.03. The molecule has 0 aliphatic heterocycles. The maximum atomic E-state index is 11.9. The molecule has 0 aromatic carbocycles. The normalized spacial score (nSPS) is 11.0. The first-order valence-corrected chi connectivity index (χ1v) is 7.16. The number of hydrogen-bond acceptors (Lipinski definition) is 6. The molecule has 0 unspecified atom stereocenters. The molecule has 21 heavy (non-hydrogen) atoms. The van der Waals surface area contributed by atoms with Gasteiger partial charge in [0.25, 0.3) is 0 Å². The van der Waals surface area contributed by atoms with Crippen LogP contribution in [0.4, 0.5) is 5.82 Å². The van der Waals surface area contributed by atoms with Gasteiger partial charge in [0.05, 0.1) is 11.9 Å². The van der Waals surface area contributed by atoms with E-state index in [1.165, 1.54) is 20.5 Å². The van der Waals surface area contributed by atoms with Crippen molar-refractivity contribution < 1.29 is 0 Å². The molecule has 0 amide bonds. The Morgan fingerprint density at radius 2 is 2.05 bits per heavy atom. The van der Waals surface area contributed by atoms with Crippen molar-refractivity contribution in [3.8, 4) is 0 Å². The molecule has 3 heterocycles. The van der Waals surface area contributed by atoms with E-state index in [1.807, 2.05) is 11.4 Å². The Morgan fingerprint density at radius 1 is 1.24 bits per heavy atom. The zero-order valence-corrected chi connectivity index (χ0v) is 12.3. The monoisotopic (exact) mass is 303 g/mol. The molecule has 1 N–H and O–H groups in total. The molecule has 3 aromatic rings. The van der Waals surface area contributed by atoms with Crippen LogP contribution in [0.2, 0.25) is 0 Å². The fourth-order valence-corrected chi connectivity index (χ4v) is 2.81. The van der Waals surface area contributed by atoms with Gasteiger partial charge in [0, 0.05) is 26.5 Å². The van der Waals surface area contributed by atoms with E-state index in [1.54, 1.807) is 26.5 Å². The van der Waals surface area contributed by atoms with Crippen LogP contribution in [0.25, 0.3) is 10.2 Å². The van der Waals surface area contributed by atoms with Crippen LogP contribution in [0.5, 0.6) is 0 Å². The average Bonchev–Trinajstić information content (AvgIpc) is 2.95. The van der Waals surface area contributed by atoms with Crippen molar-refractivity contribution in [2.75, 3.05) is 12.4 Å². The predicted molar refractivity (Wildman–Crippen MR) is 82.0 cm³/mol. The van der Waals surface area contributed by atoms with Gasteiger partial charge >= 0.3 is 11.1 Å². The minimum atomic E-state index is -0.583. The molecule has 108 valence electrons. The van der Waals surface area contributed by atoms with Crippen LogP contribution in [0, 0.1) is 0 Å². The molecule has 0 saturated carbocycles. The Morgan fingerprint density at radius 3 is 2.81 bits per heavy atom. The molecule has 0 spiro atoms. The summed E-state index contributed by atoms with van der Waals surface area (Å²) in [6.07, 6.45) is 3.11. The number of rotatable bonds is 3. The zero-order valence-electron chi connectivity index (χ0n) is 11.5. The van der Waals surface area contributed by atoms with Crippen LogP contribution < -0.4 is 16.4 Å². The van der Waals surface area contributed by atoms with E-state index in [2.05, 4.69) is 15.3 Å². The van der Waals surface area contributed by atoms with Crippen LogP contribution in [0.3, 0.4) is 0 Å². The van der Waals surface area contributed by atoms with E-state index in [4.69, 9.17) is 0 Å². The summed E-state index contributed by atoms with van der Waals surface area (Å²) in [5, 5.41) is 5.91. The lowest BCUT2D eigenvalue weighted by atomic mass is 10.3. The topological polar surface area (TPSA) is 81.8 Å². The Bertz CT molecular complexity index is 924. The molecule has 0 bridgehead atoms. The maximum Gasteiger partial charge on any atom is 0.316 e. The van der Waals surface area contributed by atoms with E-state index in [0.717, 1.165) is 10.2 Å². The summed E-state index contributed by atoms with van der Waals surface area (Å²) in [5.41, 5.74) is -1.15. The Balaban J connectivity index is 2.08. The van der Waals surface area contributed by atoms with E-state index >= 15 is 0 Å².